The van der Waals surface area contributed by atoms with Crippen LogP contribution in [0.5, 0.6) is 0 Å². The van der Waals surface area contributed by atoms with Gasteiger partial charge in [0.25, 0.3) is 5.91 Å². The van der Waals surface area contributed by atoms with E-state index in [0.717, 1.165) is 0 Å². The largest absolute Gasteiger partial charge is 0.477 e. The molecule has 2 heterocycles. The van der Waals surface area contributed by atoms with Gasteiger partial charge in [0.1, 0.15) is 5.69 Å². The maximum atomic E-state index is 12.2. The van der Waals surface area contributed by atoms with Crippen molar-refractivity contribution in [3.05, 3.63) is 29.6 Å². The Kier molecular flexibility index (Phi) is 6.12. The Hall–Kier alpha value is -2.00. The van der Waals surface area contributed by atoms with Crippen LogP contribution >= 0.6 is 0 Å². The molecule has 0 unspecified atom stereocenters. The van der Waals surface area contributed by atoms with Gasteiger partial charge in [0.2, 0.25) is 10.0 Å². The van der Waals surface area contributed by atoms with E-state index >= 15 is 0 Å². The van der Waals surface area contributed by atoms with Gasteiger partial charge in [-0.1, -0.05) is 13.8 Å². The molecule has 8 nitrogen and oxygen atoms in total. The van der Waals surface area contributed by atoms with Crippen LogP contribution < -0.4 is 5.32 Å². The Morgan fingerprint density at radius 3 is 2.44 bits per heavy atom. The zero-order chi connectivity index (χ0) is 18.6. The average molecular weight is 369 g/mol. The fourth-order valence-corrected chi connectivity index (χ4v) is 4.55. The van der Waals surface area contributed by atoms with E-state index < -0.39 is 16.0 Å². The van der Waals surface area contributed by atoms with Gasteiger partial charge in [0, 0.05) is 25.3 Å². The third kappa shape index (κ3) is 5.23. The molecular weight excluding hydrogens is 346 g/mol. The number of rotatable bonds is 6. The molecule has 0 atom stereocenters. The highest BCUT2D eigenvalue weighted by Gasteiger charge is 2.29. The smallest absolute Gasteiger partial charge is 0.354 e. The molecule has 1 saturated heterocycles. The van der Waals surface area contributed by atoms with Crippen LogP contribution in [0.1, 0.15) is 47.5 Å². The van der Waals surface area contributed by atoms with Gasteiger partial charge >= 0.3 is 5.97 Å². The lowest BCUT2D eigenvalue weighted by atomic mass is 10.1. The number of nitrogens with zero attached hydrogens (tertiary/aromatic N) is 2. The number of pyridine rings is 1. The Morgan fingerprint density at radius 2 is 1.96 bits per heavy atom. The van der Waals surface area contributed by atoms with E-state index in [2.05, 4.69) is 10.3 Å². The Balaban J connectivity index is 1.89. The fraction of sp³-hybridized carbons (Fsp3) is 0.562. The van der Waals surface area contributed by atoms with Crippen molar-refractivity contribution in [3.8, 4) is 0 Å². The molecule has 1 aromatic heterocycles. The van der Waals surface area contributed by atoms with E-state index in [9.17, 15) is 18.0 Å². The minimum absolute atomic E-state index is 0.0729. The number of sulfonamides is 1. The highest BCUT2D eigenvalue weighted by atomic mass is 32.2. The van der Waals surface area contributed by atoms with Crippen molar-refractivity contribution in [2.24, 2.45) is 5.92 Å². The first-order chi connectivity index (χ1) is 11.7. The van der Waals surface area contributed by atoms with E-state index in [1.165, 1.54) is 22.6 Å². The van der Waals surface area contributed by atoms with E-state index in [0.29, 0.717) is 25.9 Å². The summed E-state index contributed by atoms with van der Waals surface area (Å²) in [6, 6.07) is 2.57. The molecule has 25 heavy (non-hydrogen) atoms. The summed E-state index contributed by atoms with van der Waals surface area (Å²) in [5.74, 6) is -1.29. The summed E-state index contributed by atoms with van der Waals surface area (Å²) in [4.78, 5) is 26.7. The number of carboxylic acid groups (broad SMARTS) is 1. The second-order valence-corrected chi connectivity index (χ2v) is 8.57. The molecule has 138 valence electrons. The highest BCUT2D eigenvalue weighted by molar-refractivity contribution is 7.89. The van der Waals surface area contributed by atoms with Gasteiger partial charge in [-0.15, -0.1) is 0 Å². The van der Waals surface area contributed by atoms with Crippen molar-refractivity contribution in [3.63, 3.8) is 0 Å². The molecule has 0 spiro atoms. The summed E-state index contributed by atoms with van der Waals surface area (Å²) in [5.41, 5.74) is 0.153. The molecule has 1 aliphatic heterocycles. The first-order valence-electron chi connectivity index (χ1n) is 8.17. The number of hydrogen-bond acceptors (Lipinski definition) is 5. The van der Waals surface area contributed by atoms with E-state index in [-0.39, 0.29) is 34.9 Å². The molecule has 0 bridgehead atoms. The standard InChI is InChI=1S/C16H23N3O5S/c1-11(2)10-25(23,24)19-7-5-13(6-8-19)18-15(20)12-3-4-14(16(21)22)17-9-12/h3-4,9,11,13H,5-8,10H2,1-2H3,(H,18,20)(H,21,22). The Bertz CT molecular complexity index is 723. The maximum Gasteiger partial charge on any atom is 0.354 e. The minimum atomic E-state index is -3.24. The summed E-state index contributed by atoms with van der Waals surface area (Å²) in [5, 5.41) is 11.7. The van der Waals surface area contributed by atoms with Crippen LogP contribution in [0.4, 0.5) is 0 Å². The molecule has 2 rings (SSSR count). The first-order valence-corrected chi connectivity index (χ1v) is 9.78. The Morgan fingerprint density at radius 1 is 1.32 bits per heavy atom. The SMILES string of the molecule is CC(C)CS(=O)(=O)N1CCC(NC(=O)c2ccc(C(=O)O)nc2)CC1. The fourth-order valence-electron chi connectivity index (χ4n) is 2.73. The van der Waals surface area contributed by atoms with Gasteiger partial charge in [-0.05, 0) is 30.9 Å². The summed E-state index contributed by atoms with van der Waals surface area (Å²) >= 11 is 0. The number of aromatic carboxylic acids is 1. The van der Waals surface area contributed by atoms with Crippen LogP contribution in [0.25, 0.3) is 0 Å². The van der Waals surface area contributed by atoms with Crippen LogP contribution in [0.15, 0.2) is 18.3 Å². The van der Waals surface area contributed by atoms with Crippen molar-refractivity contribution in [1.82, 2.24) is 14.6 Å². The average Bonchev–Trinajstić information content (AvgIpc) is 2.54. The molecule has 0 radical (unpaired) electrons. The quantitative estimate of drug-likeness (QED) is 0.771. The molecule has 0 aromatic carbocycles. The lowest BCUT2D eigenvalue weighted by molar-refractivity contribution is 0.0689. The number of hydrogen-bond donors (Lipinski definition) is 2. The molecule has 1 amide bonds. The minimum Gasteiger partial charge on any atom is -0.477 e. The summed E-state index contributed by atoms with van der Waals surface area (Å²) in [7, 11) is -3.24. The zero-order valence-corrected chi connectivity index (χ0v) is 15.1. The van der Waals surface area contributed by atoms with Gasteiger partial charge in [0.05, 0.1) is 11.3 Å². The molecule has 2 N–H and O–H groups in total. The van der Waals surface area contributed by atoms with Crippen molar-refractivity contribution in [2.75, 3.05) is 18.8 Å². The van der Waals surface area contributed by atoms with E-state index in [4.69, 9.17) is 5.11 Å². The van der Waals surface area contributed by atoms with Gasteiger partial charge in [-0.2, -0.15) is 0 Å². The Labute approximate surface area is 147 Å². The van der Waals surface area contributed by atoms with Crippen molar-refractivity contribution in [2.45, 2.75) is 32.7 Å². The second-order valence-electron chi connectivity index (χ2n) is 6.56. The predicted octanol–water partition coefficient (Wildman–Crippen LogP) is 0.960. The first kappa shape index (κ1) is 19.3. The number of carboxylic acids is 1. The molecular formula is C16H23N3O5S. The number of carbonyl (C=O) groups excluding carboxylic acids is 1. The van der Waals surface area contributed by atoms with E-state index in [1.807, 2.05) is 13.8 Å². The maximum absolute atomic E-state index is 12.2. The van der Waals surface area contributed by atoms with Crippen LogP contribution in [-0.2, 0) is 10.0 Å². The topological polar surface area (TPSA) is 117 Å². The summed E-state index contributed by atoms with van der Waals surface area (Å²) < 4.78 is 25.9. The van der Waals surface area contributed by atoms with Crippen LogP contribution in [0.3, 0.4) is 0 Å². The lowest BCUT2D eigenvalue weighted by Crippen LogP contribution is -2.47. The molecule has 0 aliphatic carbocycles. The van der Waals surface area contributed by atoms with Crippen LogP contribution in [0.2, 0.25) is 0 Å². The van der Waals surface area contributed by atoms with Gasteiger partial charge in [0.15, 0.2) is 0 Å². The van der Waals surface area contributed by atoms with Gasteiger partial charge in [-0.25, -0.2) is 22.5 Å². The van der Waals surface area contributed by atoms with Crippen molar-refractivity contribution >= 4 is 21.9 Å². The van der Waals surface area contributed by atoms with Crippen molar-refractivity contribution in [1.29, 1.82) is 0 Å². The number of aromatic nitrogens is 1. The number of amides is 1. The monoisotopic (exact) mass is 369 g/mol. The number of piperidine rings is 1. The molecule has 1 aliphatic rings. The van der Waals surface area contributed by atoms with Crippen molar-refractivity contribution < 1.29 is 23.1 Å². The summed E-state index contributed by atoms with van der Waals surface area (Å²) in [6.07, 6.45) is 2.31. The second kappa shape index (κ2) is 7.92. The molecule has 0 saturated carbocycles. The number of nitrogens with one attached hydrogen (secondary N) is 1. The highest BCUT2D eigenvalue weighted by Crippen LogP contribution is 2.16. The van der Waals surface area contributed by atoms with Gasteiger partial charge in [-0.3, -0.25) is 4.79 Å². The summed E-state index contributed by atoms with van der Waals surface area (Å²) in [6.45, 7) is 4.51. The third-order valence-corrected chi connectivity index (χ3v) is 6.21. The molecule has 9 heteroatoms. The zero-order valence-electron chi connectivity index (χ0n) is 14.3. The van der Waals surface area contributed by atoms with E-state index in [1.54, 1.807) is 0 Å². The van der Waals surface area contributed by atoms with Crippen LogP contribution in [0, 0.1) is 5.92 Å². The predicted molar refractivity (Wildman–Crippen MR) is 91.9 cm³/mol. The molecule has 1 fully saturated rings. The van der Waals surface area contributed by atoms with Crippen LogP contribution in [-0.4, -0.2) is 59.6 Å². The lowest BCUT2D eigenvalue weighted by Gasteiger charge is -2.32. The number of carbonyl (C=O) groups is 2. The van der Waals surface area contributed by atoms with Gasteiger partial charge < -0.3 is 10.4 Å². The normalized spacial score (nSPS) is 16.8. The molecule has 1 aromatic rings. The third-order valence-electron chi connectivity index (χ3n) is 3.97.